The lowest BCUT2D eigenvalue weighted by atomic mass is 10.0. The summed E-state index contributed by atoms with van der Waals surface area (Å²) in [5.74, 6) is 1.50. The van der Waals surface area contributed by atoms with Crippen molar-refractivity contribution < 1.29 is 8.42 Å². The van der Waals surface area contributed by atoms with Crippen molar-refractivity contribution in [1.29, 1.82) is 0 Å². The summed E-state index contributed by atoms with van der Waals surface area (Å²) in [7, 11) is -3.30. The zero-order valence-corrected chi connectivity index (χ0v) is 12.0. The summed E-state index contributed by atoms with van der Waals surface area (Å²) in [6.45, 7) is 4.47. The number of nitrogens with zero attached hydrogens (tertiary/aromatic N) is 1. The van der Waals surface area contributed by atoms with Crippen molar-refractivity contribution in [2.75, 3.05) is 26.2 Å². The van der Waals surface area contributed by atoms with Crippen LogP contribution in [0.1, 0.15) is 32.6 Å². The van der Waals surface area contributed by atoms with Crippen molar-refractivity contribution in [2.24, 2.45) is 23.5 Å². The molecule has 2 rings (SSSR count). The first-order chi connectivity index (χ1) is 8.53. The van der Waals surface area contributed by atoms with Gasteiger partial charge < -0.3 is 5.73 Å². The molecule has 1 aliphatic heterocycles. The average Bonchev–Trinajstić information content (AvgIpc) is 3.20. The van der Waals surface area contributed by atoms with Crippen molar-refractivity contribution in [3.05, 3.63) is 0 Å². The highest BCUT2D eigenvalue weighted by molar-refractivity contribution is 7.87. The lowest BCUT2D eigenvalue weighted by molar-refractivity contribution is 0.268. The van der Waals surface area contributed by atoms with E-state index in [1.807, 2.05) is 0 Å². The zero-order chi connectivity index (χ0) is 13.2. The summed E-state index contributed by atoms with van der Waals surface area (Å²) < 4.78 is 28.7. The average molecular weight is 275 g/mol. The van der Waals surface area contributed by atoms with Gasteiger partial charge in [-0.25, -0.2) is 4.72 Å². The molecule has 0 spiro atoms. The van der Waals surface area contributed by atoms with Crippen LogP contribution in [0.15, 0.2) is 0 Å². The maximum atomic E-state index is 12.2. The minimum atomic E-state index is -3.30. The second-order valence-corrected chi connectivity index (χ2v) is 7.53. The molecule has 1 heterocycles. The van der Waals surface area contributed by atoms with Crippen LogP contribution in [-0.4, -0.2) is 38.9 Å². The van der Waals surface area contributed by atoms with Gasteiger partial charge in [0.05, 0.1) is 0 Å². The molecular weight excluding hydrogens is 250 g/mol. The number of hydrogen-bond acceptors (Lipinski definition) is 3. The van der Waals surface area contributed by atoms with Crippen LogP contribution >= 0.6 is 0 Å². The molecule has 6 heteroatoms. The molecule has 2 aliphatic rings. The lowest BCUT2D eigenvalue weighted by Gasteiger charge is -2.31. The highest BCUT2D eigenvalue weighted by atomic mass is 32.2. The van der Waals surface area contributed by atoms with Gasteiger partial charge in [-0.15, -0.1) is 0 Å². The minimum absolute atomic E-state index is 0.316. The molecule has 2 atom stereocenters. The first kappa shape index (κ1) is 14.2. The van der Waals surface area contributed by atoms with Gasteiger partial charge in [0.1, 0.15) is 0 Å². The van der Waals surface area contributed by atoms with Gasteiger partial charge in [-0.3, -0.25) is 0 Å². The summed E-state index contributed by atoms with van der Waals surface area (Å²) >= 11 is 0. The van der Waals surface area contributed by atoms with E-state index < -0.39 is 10.2 Å². The van der Waals surface area contributed by atoms with E-state index in [0.717, 1.165) is 18.8 Å². The fraction of sp³-hybridized carbons (Fsp3) is 1.00. The van der Waals surface area contributed by atoms with Crippen LogP contribution in [0, 0.1) is 17.8 Å². The molecule has 2 fully saturated rings. The summed E-state index contributed by atoms with van der Waals surface area (Å²) in [5, 5.41) is 0. The van der Waals surface area contributed by atoms with E-state index in [9.17, 15) is 8.42 Å². The van der Waals surface area contributed by atoms with E-state index in [1.54, 1.807) is 4.31 Å². The highest BCUT2D eigenvalue weighted by Gasteiger charge is 2.31. The molecule has 0 aromatic heterocycles. The second kappa shape index (κ2) is 5.86. The predicted molar refractivity (Wildman–Crippen MR) is 72.2 cm³/mol. The summed E-state index contributed by atoms with van der Waals surface area (Å²) in [6, 6.07) is 0. The van der Waals surface area contributed by atoms with Crippen molar-refractivity contribution in [2.45, 2.75) is 32.6 Å². The monoisotopic (exact) mass is 275 g/mol. The molecule has 2 unspecified atom stereocenters. The Morgan fingerprint density at radius 3 is 2.72 bits per heavy atom. The van der Waals surface area contributed by atoms with E-state index in [0.29, 0.717) is 38.0 Å². The molecule has 0 bridgehead atoms. The van der Waals surface area contributed by atoms with Gasteiger partial charge in [0.15, 0.2) is 0 Å². The van der Waals surface area contributed by atoms with Gasteiger partial charge >= 0.3 is 0 Å². The Morgan fingerprint density at radius 1 is 1.39 bits per heavy atom. The molecule has 1 aliphatic carbocycles. The summed E-state index contributed by atoms with van der Waals surface area (Å²) in [6.07, 6.45) is 4.46. The Labute approximate surface area is 110 Å². The first-order valence-corrected chi connectivity index (χ1v) is 8.41. The van der Waals surface area contributed by atoms with Crippen molar-refractivity contribution in [3.63, 3.8) is 0 Å². The van der Waals surface area contributed by atoms with E-state index in [2.05, 4.69) is 11.6 Å². The number of nitrogens with two attached hydrogens (primary N) is 1. The maximum absolute atomic E-state index is 12.2. The Balaban J connectivity index is 1.84. The van der Waals surface area contributed by atoms with Crippen molar-refractivity contribution >= 4 is 10.2 Å². The number of hydrogen-bond donors (Lipinski definition) is 2. The van der Waals surface area contributed by atoms with E-state index in [-0.39, 0.29) is 0 Å². The topological polar surface area (TPSA) is 75.4 Å². The second-order valence-electron chi connectivity index (χ2n) is 5.77. The van der Waals surface area contributed by atoms with Crippen molar-refractivity contribution in [3.8, 4) is 0 Å². The molecule has 1 saturated carbocycles. The van der Waals surface area contributed by atoms with Crippen LogP contribution in [0.4, 0.5) is 0 Å². The third-order valence-corrected chi connectivity index (χ3v) is 5.71. The van der Waals surface area contributed by atoms with Gasteiger partial charge in [0.25, 0.3) is 10.2 Å². The molecule has 18 heavy (non-hydrogen) atoms. The maximum Gasteiger partial charge on any atom is 0.279 e. The first-order valence-electron chi connectivity index (χ1n) is 6.97. The fourth-order valence-corrected chi connectivity index (χ4v) is 4.03. The third-order valence-electron chi connectivity index (χ3n) is 4.17. The van der Waals surface area contributed by atoms with E-state index in [1.165, 1.54) is 12.8 Å². The van der Waals surface area contributed by atoms with Gasteiger partial charge in [0, 0.05) is 19.6 Å². The Bertz CT molecular complexity index is 368. The van der Waals surface area contributed by atoms with Gasteiger partial charge in [-0.05, 0) is 50.0 Å². The quantitative estimate of drug-likeness (QED) is 0.743. The fourth-order valence-electron chi connectivity index (χ4n) is 2.60. The largest absolute Gasteiger partial charge is 0.330 e. The van der Waals surface area contributed by atoms with Crippen LogP contribution in [0.2, 0.25) is 0 Å². The Morgan fingerprint density at radius 2 is 2.11 bits per heavy atom. The molecule has 0 aromatic rings. The number of rotatable bonds is 6. The molecule has 0 amide bonds. The molecule has 0 aromatic carbocycles. The molecule has 3 N–H and O–H groups in total. The highest BCUT2D eigenvalue weighted by Crippen LogP contribution is 2.36. The van der Waals surface area contributed by atoms with Crippen molar-refractivity contribution in [1.82, 2.24) is 9.03 Å². The molecule has 0 radical (unpaired) electrons. The standard InChI is InChI=1S/C12H25N3O2S/c1-10(12-4-5-12)8-14-18(16,17)15-6-2-3-11(7-13)9-15/h10-12,14H,2-9,13H2,1H3. The molecule has 5 nitrogen and oxygen atoms in total. The Kier molecular flexibility index (Phi) is 4.64. The SMILES string of the molecule is CC(CNS(=O)(=O)N1CCCC(CN)C1)C1CC1. The van der Waals surface area contributed by atoms with Crippen LogP contribution in [-0.2, 0) is 10.2 Å². The number of piperidine rings is 1. The molecule has 106 valence electrons. The molecular formula is C12H25N3O2S. The predicted octanol–water partition coefficient (Wildman–Crippen LogP) is 0.538. The van der Waals surface area contributed by atoms with E-state index in [4.69, 9.17) is 5.73 Å². The lowest BCUT2D eigenvalue weighted by Crippen LogP contribution is -2.48. The minimum Gasteiger partial charge on any atom is -0.330 e. The normalized spacial score (nSPS) is 28.2. The third kappa shape index (κ3) is 3.66. The van der Waals surface area contributed by atoms with Gasteiger partial charge in [-0.2, -0.15) is 12.7 Å². The van der Waals surface area contributed by atoms with Gasteiger partial charge in [-0.1, -0.05) is 6.92 Å². The van der Waals surface area contributed by atoms with Crippen LogP contribution in [0.25, 0.3) is 0 Å². The van der Waals surface area contributed by atoms with E-state index >= 15 is 0 Å². The Hall–Kier alpha value is -0.170. The van der Waals surface area contributed by atoms with Crippen LogP contribution in [0.5, 0.6) is 0 Å². The smallest absolute Gasteiger partial charge is 0.279 e. The summed E-state index contributed by atoms with van der Waals surface area (Å²) in [5.41, 5.74) is 5.64. The summed E-state index contributed by atoms with van der Waals surface area (Å²) in [4.78, 5) is 0. The molecule has 1 saturated heterocycles. The van der Waals surface area contributed by atoms with Crippen LogP contribution < -0.4 is 10.5 Å². The number of nitrogens with one attached hydrogen (secondary N) is 1. The zero-order valence-electron chi connectivity index (χ0n) is 11.1. The van der Waals surface area contributed by atoms with Crippen LogP contribution in [0.3, 0.4) is 0 Å². The van der Waals surface area contributed by atoms with Gasteiger partial charge in [0.2, 0.25) is 0 Å².